The van der Waals surface area contributed by atoms with Crippen LogP contribution in [0.15, 0.2) is 109 Å². The number of benzene rings is 4. The van der Waals surface area contributed by atoms with Crippen LogP contribution < -0.4 is 9.47 Å². The minimum Gasteiger partial charge on any atom is -0.419 e. The molecule has 146 valence electrons. The summed E-state index contributed by atoms with van der Waals surface area (Å²) in [5.41, 5.74) is 2.61. The maximum atomic E-state index is 12.6. The standard InChI is InChI=1S/C26H18O4/c27-25(20-12-6-2-7-13-20)29-23-17-16-22(19-10-4-1-5-11-19)18-24(23)30-26(28)21-14-8-3-9-15-21/h1-18H. The zero-order valence-corrected chi connectivity index (χ0v) is 16.0. The van der Waals surface area contributed by atoms with Crippen molar-refractivity contribution in [2.24, 2.45) is 0 Å². The van der Waals surface area contributed by atoms with Crippen LogP contribution >= 0.6 is 0 Å². The minimum atomic E-state index is -0.530. The molecule has 0 aliphatic rings. The minimum absolute atomic E-state index is 0.174. The van der Waals surface area contributed by atoms with Gasteiger partial charge in [0, 0.05) is 0 Å². The summed E-state index contributed by atoms with van der Waals surface area (Å²) < 4.78 is 11.2. The van der Waals surface area contributed by atoms with Crippen molar-refractivity contribution in [1.82, 2.24) is 0 Å². The van der Waals surface area contributed by atoms with Gasteiger partial charge in [-0.3, -0.25) is 0 Å². The first-order valence-electron chi connectivity index (χ1n) is 9.44. The topological polar surface area (TPSA) is 52.6 Å². The third-order valence-electron chi connectivity index (χ3n) is 4.48. The second-order valence-corrected chi connectivity index (χ2v) is 6.54. The van der Waals surface area contributed by atoms with E-state index in [4.69, 9.17) is 9.47 Å². The summed E-state index contributed by atoms with van der Waals surface area (Å²) in [6.45, 7) is 0. The van der Waals surface area contributed by atoms with Crippen LogP contribution in [0.25, 0.3) is 11.1 Å². The quantitative estimate of drug-likeness (QED) is 0.317. The molecule has 0 N–H and O–H groups in total. The van der Waals surface area contributed by atoms with E-state index in [2.05, 4.69) is 0 Å². The van der Waals surface area contributed by atoms with Gasteiger partial charge in [-0.2, -0.15) is 0 Å². The summed E-state index contributed by atoms with van der Waals surface area (Å²) >= 11 is 0. The number of esters is 2. The molecule has 0 heterocycles. The van der Waals surface area contributed by atoms with Crippen LogP contribution in [0.3, 0.4) is 0 Å². The molecule has 4 aromatic carbocycles. The molecule has 0 unspecified atom stereocenters. The first-order valence-corrected chi connectivity index (χ1v) is 9.44. The van der Waals surface area contributed by atoms with E-state index in [1.54, 1.807) is 60.7 Å². The predicted octanol–water partition coefficient (Wildman–Crippen LogP) is 5.79. The summed E-state index contributed by atoms with van der Waals surface area (Å²) in [5, 5.41) is 0. The largest absolute Gasteiger partial charge is 0.419 e. The van der Waals surface area contributed by atoms with Gasteiger partial charge >= 0.3 is 11.9 Å². The maximum Gasteiger partial charge on any atom is 0.343 e. The van der Waals surface area contributed by atoms with Crippen LogP contribution in [0.5, 0.6) is 11.5 Å². The van der Waals surface area contributed by atoms with E-state index in [-0.39, 0.29) is 11.5 Å². The van der Waals surface area contributed by atoms with Gasteiger partial charge in [0.1, 0.15) is 0 Å². The Morgan fingerprint density at radius 3 is 1.47 bits per heavy atom. The monoisotopic (exact) mass is 394 g/mol. The van der Waals surface area contributed by atoms with E-state index >= 15 is 0 Å². The van der Waals surface area contributed by atoms with Crippen LogP contribution in [0.2, 0.25) is 0 Å². The Balaban J connectivity index is 1.67. The lowest BCUT2D eigenvalue weighted by Gasteiger charge is -2.13. The Labute approximate surface area is 174 Å². The zero-order chi connectivity index (χ0) is 20.8. The van der Waals surface area contributed by atoms with Gasteiger partial charge < -0.3 is 9.47 Å². The molecule has 4 nitrogen and oxygen atoms in total. The van der Waals surface area contributed by atoms with E-state index in [0.717, 1.165) is 11.1 Å². The van der Waals surface area contributed by atoms with Crippen LogP contribution in [0.1, 0.15) is 20.7 Å². The first kappa shape index (κ1) is 19.2. The van der Waals surface area contributed by atoms with Crippen molar-refractivity contribution in [2.45, 2.75) is 0 Å². The van der Waals surface area contributed by atoms with Crippen LogP contribution in [0, 0.1) is 0 Å². The van der Waals surface area contributed by atoms with Gasteiger partial charge in [0.15, 0.2) is 11.5 Å². The molecule has 0 atom stereocenters. The third kappa shape index (κ3) is 4.45. The lowest BCUT2D eigenvalue weighted by Crippen LogP contribution is -2.12. The maximum absolute atomic E-state index is 12.6. The van der Waals surface area contributed by atoms with E-state index in [1.807, 2.05) is 48.5 Å². The number of rotatable bonds is 5. The fourth-order valence-electron chi connectivity index (χ4n) is 2.95. The van der Waals surface area contributed by atoms with Crippen molar-refractivity contribution >= 4 is 11.9 Å². The fraction of sp³-hybridized carbons (Fsp3) is 0. The molecule has 4 heteroatoms. The molecule has 0 aliphatic carbocycles. The van der Waals surface area contributed by atoms with Gasteiger partial charge in [0.25, 0.3) is 0 Å². The number of hydrogen-bond donors (Lipinski definition) is 0. The molecule has 0 amide bonds. The molecule has 0 saturated carbocycles. The highest BCUT2D eigenvalue weighted by Crippen LogP contribution is 2.34. The fourth-order valence-corrected chi connectivity index (χ4v) is 2.95. The van der Waals surface area contributed by atoms with Crippen molar-refractivity contribution in [2.75, 3.05) is 0 Å². The molecule has 0 saturated heterocycles. The lowest BCUT2D eigenvalue weighted by atomic mass is 10.1. The van der Waals surface area contributed by atoms with Crippen molar-refractivity contribution in [1.29, 1.82) is 0 Å². The molecule has 4 aromatic rings. The van der Waals surface area contributed by atoms with Crippen LogP contribution in [-0.2, 0) is 0 Å². The second kappa shape index (κ2) is 8.88. The molecule has 0 radical (unpaired) electrons. The normalized spacial score (nSPS) is 10.3. The Hall–Kier alpha value is -4.18. The van der Waals surface area contributed by atoms with E-state index < -0.39 is 11.9 Å². The first-order chi connectivity index (χ1) is 14.7. The highest BCUT2D eigenvalue weighted by atomic mass is 16.6. The molecule has 30 heavy (non-hydrogen) atoms. The highest BCUT2D eigenvalue weighted by molar-refractivity contribution is 5.93. The van der Waals surface area contributed by atoms with Crippen molar-refractivity contribution in [3.05, 3.63) is 120 Å². The summed E-state index contributed by atoms with van der Waals surface area (Å²) in [5.74, 6) is -0.708. The number of hydrogen-bond acceptors (Lipinski definition) is 4. The van der Waals surface area contributed by atoms with Gasteiger partial charge in [-0.05, 0) is 47.5 Å². The molecule has 4 rings (SSSR count). The predicted molar refractivity (Wildman–Crippen MR) is 115 cm³/mol. The van der Waals surface area contributed by atoms with Gasteiger partial charge in [-0.25, -0.2) is 9.59 Å². The second-order valence-electron chi connectivity index (χ2n) is 6.54. The zero-order valence-electron chi connectivity index (χ0n) is 16.0. The summed E-state index contributed by atoms with van der Waals surface area (Å²) in [6.07, 6.45) is 0. The van der Waals surface area contributed by atoms with Gasteiger partial charge in [-0.15, -0.1) is 0 Å². The third-order valence-corrected chi connectivity index (χ3v) is 4.48. The average molecular weight is 394 g/mol. The molecular weight excluding hydrogens is 376 g/mol. The Kier molecular flexibility index (Phi) is 5.67. The van der Waals surface area contributed by atoms with Crippen molar-refractivity contribution < 1.29 is 19.1 Å². The Bertz CT molecular complexity index is 1150. The van der Waals surface area contributed by atoms with Crippen molar-refractivity contribution in [3.63, 3.8) is 0 Å². The molecule has 0 aliphatic heterocycles. The van der Waals surface area contributed by atoms with Gasteiger partial charge in [-0.1, -0.05) is 72.8 Å². The van der Waals surface area contributed by atoms with E-state index in [0.29, 0.717) is 11.1 Å². The molecule has 0 spiro atoms. The highest BCUT2D eigenvalue weighted by Gasteiger charge is 2.17. The van der Waals surface area contributed by atoms with Crippen LogP contribution in [-0.4, -0.2) is 11.9 Å². The van der Waals surface area contributed by atoms with E-state index in [1.165, 1.54) is 0 Å². The van der Waals surface area contributed by atoms with Gasteiger partial charge in [0.05, 0.1) is 11.1 Å². The summed E-state index contributed by atoms with van der Waals surface area (Å²) in [4.78, 5) is 25.1. The smallest absolute Gasteiger partial charge is 0.343 e. The number of carbonyl (C=O) groups excluding carboxylic acids is 2. The summed E-state index contributed by atoms with van der Waals surface area (Å²) in [6, 6.07) is 32.2. The number of carbonyl (C=O) groups is 2. The Morgan fingerprint density at radius 2 is 0.933 bits per heavy atom. The molecule has 0 bridgehead atoms. The van der Waals surface area contributed by atoms with Crippen LogP contribution in [0.4, 0.5) is 0 Å². The molecule has 0 fully saturated rings. The molecule has 0 aromatic heterocycles. The Morgan fingerprint density at radius 1 is 0.467 bits per heavy atom. The lowest BCUT2D eigenvalue weighted by molar-refractivity contribution is 0.0682. The summed E-state index contributed by atoms with van der Waals surface area (Å²) in [7, 11) is 0. The van der Waals surface area contributed by atoms with Gasteiger partial charge in [0.2, 0.25) is 0 Å². The molecular formula is C26H18O4. The van der Waals surface area contributed by atoms with E-state index in [9.17, 15) is 9.59 Å². The SMILES string of the molecule is O=C(Oc1ccc(-c2ccccc2)cc1OC(=O)c1ccccc1)c1ccccc1. The average Bonchev–Trinajstić information content (AvgIpc) is 2.82. The number of ether oxygens (including phenoxy) is 2. The van der Waals surface area contributed by atoms with Crippen molar-refractivity contribution in [3.8, 4) is 22.6 Å².